The number of carbonyl (C=O) groups excluding carboxylic acids is 1. The fourth-order valence-corrected chi connectivity index (χ4v) is 3.61. The first-order valence-corrected chi connectivity index (χ1v) is 9.38. The van der Waals surface area contributed by atoms with E-state index in [-0.39, 0.29) is 10.9 Å². The van der Waals surface area contributed by atoms with Crippen LogP contribution in [0.1, 0.15) is 11.8 Å². The lowest BCUT2D eigenvalue weighted by Crippen LogP contribution is -2.23. The van der Waals surface area contributed by atoms with Crippen LogP contribution in [0.3, 0.4) is 0 Å². The topological polar surface area (TPSA) is 72.7 Å². The molecular formula is C15H13ClFN5OS2. The van der Waals surface area contributed by atoms with Gasteiger partial charge in [0.1, 0.15) is 5.82 Å². The smallest absolute Gasteiger partial charge is 0.237 e. The van der Waals surface area contributed by atoms with E-state index in [1.165, 1.54) is 30.0 Å². The molecule has 0 aliphatic carbocycles. The number of nitrogens with one attached hydrogen (secondary N) is 1. The van der Waals surface area contributed by atoms with E-state index in [0.717, 1.165) is 4.88 Å². The Bertz CT molecular complexity index is 871. The summed E-state index contributed by atoms with van der Waals surface area (Å²) < 4.78 is 14.8. The first-order valence-electron chi connectivity index (χ1n) is 7.24. The number of nitrogens with zero attached hydrogens (tertiary/aromatic N) is 4. The van der Waals surface area contributed by atoms with Crippen molar-refractivity contribution < 1.29 is 9.18 Å². The summed E-state index contributed by atoms with van der Waals surface area (Å²) in [5, 5.41) is 16.3. The summed E-state index contributed by atoms with van der Waals surface area (Å²) >= 11 is 8.58. The second kappa shape index (κ2) is 7.94. The van der Waals surface area contributed by atoms with E-state index >= 15 is 0 Å². The van der Waals surface area contributed by atoms with Gasteiger partial charge in [0.25, 0.3) is 0 Å². The van der Waals surface area contributed by atoms with Crippen molar-refractivity contribution in [2.45, 2.75) is 23.9 Å². The van der Waals surface area contributed by atoms with Crippen molar-refractivity contribution in [3.8, 4) is 0 Å². The molecule has 3 rings (SSSR count). The van der Waals surface area contributed by atoms with Gasteiger partial charge in [-0.25, -0.2) is 9.07 Å². The minimum atomic E-state index is -0.533. The summed E-state index contributed by atoms with van der Waals surface area (Å²) in [5.74, 6) is -0.784. The molecule has 6 nitrogen and oxygen atoms in total. The monoisotopic (exact) mass is 397 g/mol. The lowest BCUT2D eigenvalue weighted by atomic mass is 10.3. The zero-order chi connectivity index (χ0) is 17.8. The number of amides is 1. The second-order valence-corrected chi connectivity index (χ2v) is 7.82. The van der Waals surface area contributed by atoms with Crippen LogP contribution < -0.4 is 5.32 Å². The Kier molecular flexibility index (Phi) is 5.67. The predicted molar refractivity (Wildman–Crippen MR) is 96.6 cm³/mol. The van der Waals surface area contributed by atoms with Gasteiger partial charge in [-0.05, 0) is 47.0 Å². The molecule has 0 aliphatic rings. The maximum Gasteiger partial charge on any atom is 0.237 e. The van der Waals surface area contributed by atoms with E-state index in [0.29, 0.717) is 17.4 Å². The van der Waals surface area contributed by atoms with Crippen LogP contribution in [0.15, 0.2) is 40.9 Å². The van der Waals surface area contributed by atoms with Gasteiger partial charge < -0.3 is 5.32 Å². The van der Waals surface area contributed by atoms with Crippen molar-refractivity contribution in [3.63, 3.8) is 0 Å². The molecule has 0 radical (unpaired) electrons. The summed E-state index contributed by atoms with van der Waals surface area (Å²) in [7, 11) is 0. The maximum absolute atomic E-state index is 13.2. The highest BCUT2D eigenvalue weighted by Gasteiger charge is 2.19. The van der Waals surface area contributed by atoms with Crippen LogP contribution in [-0.4, -0.2) is 31.4 Å². The van der Waals surface area contributed by atoms with Crippen LogP contribution in [-0.2, 0) is 11.3 Å². The molecule has 1 unspecified atom stereocenters. The van der Waals surface area contributed by atoms with Crippen molar-refractivity contribution in [2.24, 2.45) is 0 Å². The number of rotatable bonds is 6. The molecule has 1 atom stereocenters. The third-order valence-electron chi connectivity index (χ3n) is 3.22. The normalized spacial score (nSPS) is 12.1. The Morgan fingerprint density at radius 2 is 2.32 bits per heavy atom. The highest BCUT2D eigenvalue weighted by molar-refractivity contribution is 8.00. The number of hydrogen-bond acceptors (Lipinski definition) is 6. The van der Waals surface area contributed by atoms with Crippen LogP contribution in [0.5, 0.6) is 0 Å². The molecule has 1 N–H and O–H groups in total. The number of hydrogen-bond donors (Lipinski definition) is 1. The van der Waals surface area contributed by atoms with Gasteiger partial charge in [-0.2, -0.15) is 0 Å². The number of thiophene rings is 1. The van der Waals surface area contributed by atoms with E-state index in [4.69, 9.17) is 11.6 Å². The first-order chi connectivity index (χ1) is 12.0. The second-order valence-electron chi connectivity index (χ2n) is 5.08. The zero-order valence-corrected chi connectivity index (χ0v) is 15.4. The Labute approximate surface area is 156 Å². The molecule has 2 aromatic heterocycles. The Balaban J connectivity index is 1.63. The molecular weight excluding hydrogens is 385 g/mol. The van der Waals surface area contributed by atoms with Gasteiger partial charge in [-0.1, -0.05) is 29.4 Å². The number of halogens is 2. The van der Waals surface area contributed by atoms with Crippen molar-refractivity contribution >= 4 is 46.3 Å². The average Bonchev–Trinajstić information content (AvgIpc) is 3.24. The Morgan fingerprint density at radius 3 is 3.04 bits per heavy atom. The fraction of sp³-hybridized carbons (Fsp3) is 0.200. The molecule has 1 amide bonds. The number of tetrazole rings is 1. The first kappa shape index (κ1) is 17.8. The summed E-state index contributed by atoms with van der Waals surface area (Å²) in [4.78, 5) is 13.4. The van der Waals surface area contributed by atoms with Gasteiger partial charge in [0.2, 0.25) is 11.1 Å². The largest absolute Gasteiger partial charge is 0.325 e. The van der Waals surface area contributed by atoms with E-state index in [9.17, 15) is 9.18 Å². The van der Waals surface area contributed by atoms with Gasteiger partial charge >= 0.3 is 0 Å². The standard InChI is InChI=1S/C15H13ClFN5OS2/c1-9(14(23)18-10-4-5-13(17)12(16)7-10)25-15-19-20-21-22(15)8-11-3-2-6-24-11/h2-7,9H,8H2,1H3,(H,18,23). The van der Waals surface area contributed by atoms with E-state index in [2.05, 4.69) is 20.8 Å². The lowest BCUT2D eigenvalue weighted by Gasteiger charge is -2.12. The van der Waals surface area contributed by atoms with Gasteiger partial charge in [0.15, 0.2) is 0 Å². The predicted octanol–water partition coefficient (Wildman–Crippen LogP) is 3.69. The van der Waals surface area contributed by atoms with Crippen LogP contribution in [0.2, 0.25) is 5.02 Å². The van der Waals surface area contributed by atoms with Crippen molar-refractivity contribution in [3.05, 3.63) is 51.4 Å². The average molecular weight is 398 g/mol. The van der Waals surface area contributed by atoms with E-state index in [1.54, 1.807) is 22.9 Å². The highest BCUT2D eigenvalue weighted by atomic mass is 35.5. The number of anilines is 1. The van der Waals surface area contributed by atoms with Gasteiger partial charge in [-0.3, -0.25) is 4.79 Å². The van der Waals surface area contributed by atoms with Crippen LogP contribution >= 0.6 is 34.7 Å². The number of aromatic nitrogens is 4. The molecule has 0 fully saturated rings. The summed E-state index contributed by atoms with van der Waals surface area (Å²) in [6, 6.07) is 7.98. The molecule has 0 spiro atoms. The lowest BCUT2D eigenvalue weighted by molar-refractivity contribution is -0.115. The van der Waals surface area contributed by atoms with Crippen molar-refractivity contribution in [2.75, 3.05) is 5.32 Å². The third-order valence-corrected chi connectivity index (χ3v) is 5.44. The van der Waals surface area contributed by atoms with Crippen molar-refractivity contribution in [1.82, 2.24) is 20.2 Å². The van der Waals surface area contributed by atoms with E-state index in [1.807, 2.05) is 17.5 Å². The highest BCUT2D eigenvalue weighted by Crippen LogP contribution is 2.24. The fourth-order valence-electron chi connectivity index (χ4n) is 1.96. The van der Waals surface area contributed by atoms with E-state index < -0.39 is 11.1 Å². The minimum absolute atomic E-state index is 0.0435. The molecule has 130 valence electrons. The number of benzene rings is 1. The van der Waals surface area contributed by atoms with Crippen LogP contribution in [0.4, 0.5) is 10.1 Å². The molecule has 0 aliphatic heterocycles. The Hall–Kier alpha value is -1.97. The zero-order valence-electron chi connectivity index (χ0n) is 13.0. The molecule has 2 heterocycles. The SMILES string of the molecule is CC(Sc1nnnn1Cc1cccs1)C(=O)Nc1ccc(F)c(Cl)c1. The Morgan fingerprint density at radius 1 is 1.48 bits per heavy atom. The van der Waals surface area contributed by atoms with Gasteiger partial charge in [0, 0.05) is 10.6 Å². The summed E-state index contributed by atoms with van der Waals surface area (Å²) in [5.41, 5.74) is 0.432. The molecule has 1 aromatic carbocycles. The quantitative estimate of drug-likeness (QED) is 0.642. The van der Waals surface area contributed by atoms with Crippen molar-refractivity contribution in [1.29, 1.82) is 0 Å². The van der Waals surface area contributed by atoms with Crippen LogP contribution in [0.25, 0.3) is 0 Å². The molecule has 3 aromatic rings. The molecule has 10 heteroatoms. The summed E-state index contributed by atoms with van der Waals surface area (Å²) in [6.45, 7) is 2.30. The summed E-state index contributed by atoms with van der Waals surface area (Å²) in [6.07, 6.45) is 0. The van der Waals surface area contributed by atoms with Gasteiger partial charge in [0.05, 0.1) is 16.8 Å². The third kappa shape index (κ3) is 4.56. The number of carbonyl (C=O) groups is 1. The van der Waals surface area contributed by atoms with Crippen LogP contribution in [0, 0.1) is 5.82 Å². The minimum Gasteiger partial charge on any atom is -0.325 e. The van der Waals surface area contributed by atoms with Gasteiger partial charge in [-0.15, -0.1) is 16.4 Å². The molecule has 0 saturated heterocycles. The molecule has 25 heavy (non-hydrogen) atoms. The maximum atomic E-state index is 13.2. The molecule has 0 saturated carbocycles. The molecule has 0 bridgehead atoms. The number of thioether (sulfide) groups is 1.